The Balaban J connectivity index is 1.39. The number of pyridine rings is 1. The second kappa shape index (κ2) is 13.6. The van der Waals surface area contributed by atoms with Crippen molar-refractivity contribution >= 4 is 29.8 Å². The topological polar surface area (TPSA) is 182 Å². The summed E-state index contributed by atoms with van der Waals surface area (Å²) in [7, 11) is 0. The summed E-state index contributed by atoms with van der Waals surface area (Å²) in [6.07, 6.45) is 0.400. The summed E-state index contributed by atoms with van der Waals surface area (Å²) < 4.78 is 5.58. The van der Waals surface area contributed by atoms with Crippen molar-refractivity contribution in [2.45, 2.75) is 31.2 Å². The standard InChI is InChI=1S/C24H30N6O7/c31-21(27-13-19(22(32)33)29-23(34)28-11-16-6-2-1-3-7-16)15-37-18-10-17(30(14-18)24(35)36)12-26-20-8-4-5-9-25-20/h1-9,17-19H,10-15H2,(H,25,26)(H,27,31)(H,32,33)(H,35,36)(H2,28,29,34). The van der Waals surface area contributed by atoms with Gasteiger partial charge in [-0.2, -0.15) is 0 Å². The van der Waals surface area contributed by atoms with Gasteiger partial charge in [0.1, 0.15) is 18.5 Å². The van der Waals surface area contributed by atoms with Crippen molar-refractivity contribution in [3.63, 3.8) is 0 Å². The van der Waals surface area contributed by atoms with E-state index in [9.17, 15) is 29.4 Å². The van der Waals surface area contributed by atoms with E-state index in [4.69, 9.17) is 4.74 Å². The number of hydrogen-bond donors (Lipinski definition) is 6. The zero-order valence-electron chi connectivity index (χ0n) is 20.0. The second-order valence-corrected chi connectivity index (χ2v) is 8.36. The summed E-state index contributed by atoms with van der Waals surface area (Å²) in [6, 6.07) is 12.0. The lowest BCUT2D eigenvalue weighted by molar-refractivity contribution is -0.139. The number of carboxylic acids is 1. The lowest BCUT2D eigenvalue weighted by Gasteiger charge is -2.21. The molecule has 3 rings (SSSR count). The lowest BCUT2D eigenvalue weighted by Crippen LogP contribution is -2.51. The molecular weight excluding hydrogens is 484 g/mol. The first-order valence-corrected chi connectivity index (χ1v) is 11.7. The highest BCUT2D eigenvalue weighted by atomic mass is 16.5. The van der Waals surface area contributed by atoms with Gasteiger partial charge in [-0.25, -0.2) is 19.4 Å². The molecule has 1 aromatic carbocycles. The molecule has 6 N–H and O–H groups in total. The summed E-state index contributed by atoms with van der Waals surface area (Å²) in [5.74, 6) is -1.28. The molecule has 0 saturated carbocycles. The predicted molar refractivity (Wildman–Crippen MR) is 132 cm³/mol. The molecule has 198 valence electrons. The number of benzene rings is 1. The number of aliphatic carboxylic acids is 1. The molecule has 1 fully saturated rings. The summed E-state index contributed by atoms with van der Waals surface area (Å²) in [5.41, 5.74) is 0.845. The third kappa shape index (κ3) is 8.96. The van der Waals surface area contributed by atoms with Crippen molar-refractivity contribution in [3.8, 4) is 0 Å². The van der Waals surface area contributed by atoms with E-state index in [0.29, 0.717) is 18.8 Å². The highest BCUT2D eigenvalue weighted by Crippen LogP contribution is 2.21. The van der Waals surface area contributed by atoms with Gasteiger partial charge in [0.05, 0.1) is 18.7 Å². The highest BCUT2D eigenvalue weighted by Gasteiger charge is 2.36. The van der Waals surface area contributed by atoms with Crippen LogP contribution < -0.4 is 21.3 Å². The minimum absolute atomic E-state index is 0.0953. The number of aromatic nitrogens is 1. The van der Waals surface area contributed by atoms with E-state index in [1.807, 2.05) is 36.4 Å². The fraction of sp³-hybridized carbons (Fsp3) is 0.375. The number of urea groups is 1. The summed E-state index contributed by atoms with van der Waals surface area (Å²) >= 11 is 0. The number of nitrogens with one attached hydrogen (secondary N) is 4. The van der Waals surface area contributed by atoms with Gasteiger partial charge in [-0.15, -0.1) is 0 Å². The van der Waals surface area contributed by atoms with Crippen LogP contribution in [0.2, 0.25) is 0 Å². The van der Waals surface area contributed by atoms with E-state index in [1.54, 1.807) is 18.3 Å². The first-order valence-electron chi connectivity index (χ1n) is 11.7. The Bertz CT molecular complexity index is 1060. The number of carbonyl (C=O) groups is 4. The van der Waals surface area contributed by atoms with Crippen molar-refractivity contribution in [1.29, 1.82) is 0 Å². The van der Waals surface area contributed by atoms with E-state index in [1.165, 1.54) is 4.90 Å². The van der Waals surface area contributed by atoms with E-state index >= 15 is 0 Å². The molecule has 1 aliphatic rings. The van der Waals surface area contributed by atoms with E-state index < -0.39 is 36.1 Å². The molecule has 0 bridgehead atoms. The zero-order chi connectivity index (χ0) is 26.6. The van der Waals surface area contributed by atoms with Crippen LogP contribution in [0.4, 0.5) is 15.4 Å². The van der Waals surface area contributed by atoms with Crippen LogP contribution in [0, 0.1) is 0 Å². The first-order chi connectivity index (χ1) is 17.8. The Morgan fingerprint density at radius 2 is 1.81 bits per heavy atom. The molecule has 13 nitrogen and oxygen atoms in total. The molecule has 1 aromatic heterocycles. The molecule has 0 radical (unpaired) electrons. The van der Waals surface area contributed by atoms with Crippen LogP contribution in [0.1, 0.15) is 12.0 Å². The number of likely N-dealkylation sites (tertiary alicyclic amines) is 1. The van der Waals surface area contributed by atoms with Gasteiger partial charge in [0, 0.05) is 25.8 Å². The SMILES string of the molecule is O=C(COC1CC(CNc2ccccn2)N(C(=O)O)C1)NCC(NC(=O)NCc1ccccc1)C(=O)O. The van der Waals surface area contributed by atoms with Crippen molar-refractivity contribution in [3.05, 3.63) is 60.3 Å². The summed E-state index contributed by atoms with van der Waals surface area (Å²) in [6.45, 7) is -0.0953. The van der Waals surface area contributed by atoms with E-state index in [0.717, 1.165) is 5.56 Å². The van der Waals surface area contributed by atoms with Gasteiger partial charge in [0.15, 0.2) is 0 Å². The largest absolute Gasteiger partial charge is 0.480 e. The third-order valence-electron chi connectivity index (χ3n) is 5.66. The normalized spacial score (nSPS) is 17.5. The van der Waals surface area contributed by atoms with Crippen LogP contribution in [0.15, 0.2) is 54.7 Å². The smallest absolute Gasteiger partial charge is 0.407 e. The van der Waals surface area contributed by atoms with Gasteiger partial charge in [-0.05, 0) is 24.1 Å². The number of rotatable bonds is 12. The minimum Gasteiger partial charge on any atom is -0.480 e. The van der Waals surface area contributed by atoms with Crippen LogP contribution in [0.3, 0.4) is 0 Å². The molecular formula is C24H30N6O7. The quantitative estimate of drug-likeness (QED) is 0.237. The van der Waals surface area contributed by atoms with Crippen LogP contribution in [-0.2, 0) is 20.9 Å². The number of amides is 4. The molecule has 0 aliphatic carbocycles. The Hall–Kier alpha value is -4.39. The first kappa shape index (κ1) is 27.2. The Morgan fingerprint density at radius 1 is 1.05 bits per heavy atom. The third-order valence-corrected chi connectivity index (χ3v) is 5.66. The number of anilines is 1. The molecule has 2 heterocycles. The highest BCUT2D eigenvalue weighted by molar-refractivity contribution is 5.84. The number of carboxylic acid groups (broad SMARTS) is 2. The average molecular weight is 515 g/mol. The molecule has 37 heavy (non-hydrogen) atoms. The van der Waals surface area contributed by atoms with Gasteiger partial charge in [-0.1, -0.05) is 36.4 Å². The second-order valence-electron chi connectivity index (χ2n) is 8.36. The molecule has 2 aromatic rings. The Labute approximate surface area is 213 Å². The number of carbonyl (C=O) groups excluding carboxylic acids is 2. The molecule has 1 saturated heterocycles. The predicted octanol–water partition coefficient (Wildman–Crippen LogP) is 0.700. The molecule has 13 heteroatoms. The van der Waals surface area contributed by atoms with Crippen LogP contribution in [0.25, 0.3) is 0 Å². The minimum atomic E-state index is -1.35. The monoisotopic (exact) mass is 514 g/mol. The average Bonchev–Trinajstić information content (AvgIpc) is 3.32. The van der Waals surface area contributed by atoms with Crippen molar-refractivity contribution in [2.75, 3.05) is 31.6 Å². The number of ether oxygens (including phenoxy) is 1. The van der Waals surface area contributed by atoms with Crippen LogP contribution in [0.5, 0.6) is 0 Å². The van der Waals surface area contributed by atoms with Crippen molar-refractivity contribution < 1.29 is 34.1 Å². The maximum atomic E-state index is 12.2. The van der Waals surface area contributed by atoms with Crippen LogP contribution in [-0.4, -0.2) is 88.5 Å². The van der Waals surface area contributed by atoms with Gasteiger partial charge < -0.3 is 41.1 Å². The molecule has 1 aliphatic heterocycles. The van der Waals surface area contributed by atoms with Crippen molar-refractivity contribution in [1.82, 2.24) is 25.8 Å². The molecule has 4 amide bonds. The van der Waals surface area contributed by atoms with Gasteiger partial charge >= 0.3 is 18.1 Å². The van der Waals surface area contributed by atoms with Gasteiger partial charge in [0.2, 0.25) is 5.91 Å². The van der Waals surface area contributed by atoms with Crippen LogP contribution >= 0.6 is 0 Å². The zero-order valence-corrected chi connectivity index (χ0v) is 20.0. The fourth-order valence-corrected chi connectivity index (χ4v) is 3.76. The molecule has 0 spiro atoms. The van der Waals surface area contributed by atoms with Gasteiger partial charge in [0.25, 0.3) is 0 Å². The number of nitrogens with zero attached hydrogens (tertiary/aromatic N) is 2. The molecule has 3 unspecified atom stereocenters. The summed E-state index contributed by atoms with van der Waals surface area (Å²) in [5, 5.41) is 29.2. The fourth-order valence-electron chi connectivity index (χ4n) is 3.76. The van der Waals surface area contributed by atoms with E-state index in [2.05, 4.69) is 26.3 Å². The number of hydrogen-bond acceptors (Lipinski definition) is 7. The Kier molecular flexibility index (Phi) is 10.0. The maximum Gasteiger partial charge on any atom is 0.407 e. The maximum absolute atomic E-state index is 12.2. The van der Waals surface area contributed by atoms with Gasteiger partial charge in [-0.3, -0.25) is 4.79 Å². The molecule has 3 atom stereocenters. The van der Waals surface area contributed by atoms with Crippen molar-refractivity contribution in [2.24, 2.45) is 0 Å². The lowest BCUT2D eigenvalue weighted by atomic mass is 10.2. The summed E-state index contributed by atoms with van der Waals surface area (Å²) in [4.78, 5) is 52.8. The Morgan fingerprint density at radius 3 is 2.49 bits per heavy atom. The van der Waals surface area contributed by atoms with E-state index in [-0.39, 0.29) is 32.3 Å².